The highest BCUT2D eigenvalue weighted by Crippen LogP contribution is 2.68. The highest BCUT2D eigenvalue weighted by Gasteiger charge is 2.48. The zero-order valence-corrected chi connectivity index (χ0v) is 19.9. The summed E-state index contributed by atoms with van der Waals surface area (Å²) in [7, 11) is -14.1. The van der Waals surface area contributed by atoms with Gasteiger partial charge in [0.2, 0.25) is 5.95 Å². The van der Waals surface area contributed by atoms with Crippen LogP contribution >= 0.6 is 23.5 Å². The third-order valence-corrected chi connectivity index (χ3v) is 8.56. The number of phosphoric acid groups is 3. The summed E-state index contributed by atoms with van der Waals surface area (Å²) in [5.74, 6) is -0.212. The highest BCUT2D eigenvalue weighted by atomic mass is 31.3. The number of phosphoric ester groups is 1. The molecule has 7 N–H and O–H groups in total. The minimum Gasteiger partial charge on any atom is -0.387 e. The van der Waals surface area contributed by atoms with E-state index in [9.17, 15) is 28.5 Å². The third kappa shape index (κ3) is 5.98. The Morgan fingerprint density at radius 2 is 1.91 bits per heavy atom. The number of H-pyrrole nitrogens is 1. The maximum Gasteiger partial charge on any atom is 0.490 e. The average Bonchev–Trinajstić information content (AvgIpc) is 3.24. The van der Waals surface area contributed by atoms with E-state index >= 15 is 0 Å². The number of aromatic amines is 1. The lowest BCUT2D eigenvalue weighted by atomic mass is 10.1. The van der Waals surface area contributed by atoms with Crippen molar-refractivity contribution in [2.75, 3.05) is 26.6 Å². The van der Waals surface area contributed by atoms with E-state index < -0.39 is 60.2 Å². The van der Waals surface area contributed by atoms with Gasteiger partial charge in [-0.15, -0.1) is 0 Å². The van der Waals surface area contributed by atoms with Crippen molar-refractivity contribution in [2.45, 2.75) is 24.5 Å². The SMILES string of the molecule is CO[C@H]1C(O)[C@@H](COP(=O)(OC)OP(=O)(O)OP(=O)(O)O)O[C@H]1n1cnc2c(=O)[nH]c(N)nc21. The van der Waals surface area contributed by atoms with E-state index in [1.807, 2.05) is 0 Å². The number of ether oxygens (including phenoxy) is 2. The van der Waals surface area contributed by atoms with Gasteiger partial charge in [-0.05, 0) is 0 Å². The zero-order chi connectivity index (χ0) is 25.5. The Kier molecular flexibility index (Phi) is 7.82. The van der Waals surface area contributed by atoms with Crippen LogP contribution in [0.4, 0.5) is 5.95 Å². The molecule has 19 nitrogen and oxygen atoms in total. The number of nitrogens with zero attached hydrogens (tertiary/aromatic N) is 3. The van der Waals surface area contributed by atoms with E-state index in [1.165, 1.54) is 18.0 Å². The van der Waals surface area contributed by atoms with Crippen molar-refractivity contribution >= 4 is 40.6 Å². The Labute approximate surface area is 189 Å². The molecule has 0 aliphatic carbocycles. The van der Waals surface area contributed by atoms with Crippen molar-refractivity contribution in [3.63, 3.8) is 0 Å². The van der Waals surface area contributed by atoms with Gasteiger partial charge < -0.3 is 35.0 Å². The molecule has 1 aliphatic heterocycles. The van der Waals surface area contributed by atoms with Gasteiger partial charge in [0.15, 0.2) is 17.4 Å². The quantitative estimate of drug-likeness (QED) is 0.193. The number of aliphatic hydroxyl groups excluding tert-OH is 1. The van der Waals surface area contributed by atoms with Crippen molar-refractivity contribution in [1.82, 2.24) is 19.5 Å². The van der Waals surface area contributed by atoms with Crippen LogP contribution in [0.2, 0.25) is 0 Å². The molecule has 1 saturated heterocycles. The summed E-state index contributed by atoms with van der Waals surface area (Å²) in [6.07, 6.45) is -3.83. The van der Waals surface area contributed by atoms with Crippen LogP contribution < -0.4 is 11.3 Å². The van der Waals surface area contributed by atoms with Gasteiger partial charge >= 0.3 is 23.5 Å². The number of nitrogens with two attached hydrogens (primary N) is 1. The summed E-state index contributed by atoms with van der Waals surface area (Å²) >= 11 is 0. The van der Waals surface area contributed by atoms with E-state index in [2.05, 4.69) is 28.1 Å². The fourth-order valence-corrected chi connectivity index (χ4v) is 6.38. The van der Waals surface area contributed by atoms with E-state index in [-0.39, 0.29) is 17.1 Å². The van der Waals surface area contributed by atoms with Gasteiger partial charge in [-0.2, -0.15) is 13.6 Å². The molecule has 2 aromatic rings. The zero-order valence-electron chi connectivity index (χ0n) is 17.2. The van der Waals surface area contributed by atoms with E-state index in [0.717, 1.165) is 7.11 Å². The number of nitrogen functional groups attached to an aromatic ring is 1. The molecule has 6 atom stereocenters. The summed E-state index contributed by atoms with van der Waals surface area (Å²) in [5.41, 5.74) is 4.86. The maximum atomic E-state index is 12.5. The molecule has 22 heteroatoms. The number of methoxy groups -OCH3 is 1. The molecule has 2 aromatic heterocycles. The van der Waals surface area contributed by atoms with Crippen molar-refractivity contribution in [2.24, 2.45) is 0 Å². The maximum absolute atomic E-state index is 12.5. The number of nitrogens with one attached hydrogen (secondary N) is 1. The van der Waals surface area contributed by atoms with Crippen molar-refractivity contribution in [3.8, 4) is 0 Å². The molecule has 0 spiro atoms. The number of rotatable bonds is 10. The predicted molar refractivity (Wildman–Crippen MR) is 108 cm³/mol. The monoisotopic (exact) mass is 551 g/mol. The number of aromatic nitrogens is 4. The van der Waals surface area contributed by atoms with Crippen molar-refractivity contribution < 1.29 is 60.6 Å². The predicted octanol–water partition coefficient (Wildman–Crippen LogP) is -1.03. The molecule has 192 valence electrons. The van der Waals surface area contributed by atoms with Crippen LogP contribution in [0.15, 0.2) is 11.1 Å². The molecule has 1 aliphatic rings. The number of imidazole rings is 1. The summed E-state index contributed by atoms with van der Waals surface area (Å²) in [5, 5.41) is 10.6. The molecule has 1 fully saturated rings. The highest BCUT2D eigenvalue weighted by molar-refractivity contribution is 7.66. The van der Waals surface area contributed by atoms with Gasteiger partial charge in [0.1, 0.15) is 18.3 Å². The van der Waals surface area contributed by atoms with Crippen LogP contribution in [0.1, 0.15) is 6.23 Å². The first-order chi connectivity index (χ1) is 15.7. The minimum atomic E-state index is -5.60. The molecular weight excluding hydrogens is 531 g/mol. The molecular formula is C12H20N5O14P3. The Morgan fingerprint density at radius 3 is 2.50 bits per heavy atom. The number of hydrogen-bond donors (Lipinski definition) is 6. The Balaban J connectivity index is 1.79. The van der Waals surface area contributed by atoms with Gasteiger partial charge in [0.25, 0.3) is 5.56 Å². The van der Waals surface area contributed by atoms with Crippen LogP contribution in [0.25, 0.3) is 11.2 Å². The second kappa shape index (κ2) is 9.83. The van der Waals surface area contributed by atoms with Crippen LogP contribution in [0.3, 0.4) is 0 Å². The lowest BCUT2D eigenvalue weighted by Crippen LogP contribution is -2.35. The van der Waals surface area contributed by atoms with Gasteiger partial charge in [-0.1, -0.05) is 0 Å². The van der Waals surface area contributed by atoms with E-state index in [0.29, 0.717) is 0 Å². The van der Waals surface area contributed by atoms with E-state index in [4.69, 9.17) is 29.5 Å². The van der Waals surface area contributed by atoms with Gasteiger partial charge in [0, 0.05) is 14.2 Å². The largest absolute Gasteiger partial charge is 0.490 e. The number of hydrogen-bond acceptors (Lipinski definition) is 14. The topological polar surface area (TPSA) is 277 Å². The fraction of sp³-hybridized carbons (Fsp3) is 0.583. The minimum absolute atomic E-state index is 0.00349. The molecule has 34 heavy (non-hydrogen) atoms. The molecule has 0 bridgehead atoms. The van der Waals surface area contributed by atoms with Crippen LogP contribution in [0.5, 0.6) is 0 Å². The standard InChI is InChI=1S/C12H20N5O14P3/c1-26-8-7(18)5(3-28-34(25,27-2)31-33(23,24)30-32(20,21)22)29-11(8)17-4-14-6-9(17)15-12(13)16-10(6)19/h4-5,7-8,11,18H,3H2,1-2H3,(H,23,24)(H2,20,21,22)(H3,13,15,16,19)/t5-,7?,8+,11-,34?/m1/s1. The fourth-order valence-electron chi connectivity index (χ4n) is 3.01. The second-order valence-electron chi connectivity index (χ2n) is 6.58. The number of anilines is 1. The molecule has 0 saturated carbocycles. The van der Waals surface area contributed by atoms with Crippen LogP contribution in [-0.4, -0.2) is 78.4 Å². The van der Waals surface area contributed by atoms with Crippen LogP contribution in [0, 0.1) is 0 Å². The summed E-state index contributed by atoms with van der Waals surface area (Å²) < 4.78 is 64.1. The van der Waals surface area contributed by atoms with E-state index in [1.54, 1.807) is 0 Å². The Morgan fingerprint density at radius 1 is 1.24 bits per heavy atom. The van der Waals surface area contributed by atoms with Crippen molar-refractivity contribution in [3.05, 3.63) is 16.7 Å². The lowest BCUT2D eigenvalue weighted by molar-refractivity contribution is -0.0580. The number of fused-ring (bicyclic) bond motifs is 1. The molecule has 0 aromatic carbocycles. The Bertz CT molecular complexity index is 1240. The normalized spacial score (nSPS) is 27.0. The smallest absolute Gasteiger partial charge is 0.387 e. The lowest BCUT2D eigenvalue weighted by Gasteiger charge is -2.21. The van der Waals surface area contributed by atoms with Gasteiger partial charge in [-0.3, -0.25) is 23.4 Å². The molecule has 0 radical (unpaired) electrons. The molecule has 3 unspecified atom stereocenters. The number of aliphatic hydroxyl groups is 1. The summed E-state index contributed by atoms with van der Waals surface area (Å²) in [6.45, 7) is -0.790. The average molecular weight is 551 g/mol. The Hall–Kier alpha value is -1.56. The second-order valence-corrected chi connectivity index (χ2v) is 11.3. The molecule has 0 amide bonds. The summed E-state index contributed by atoms with van der Waals surface area (Å²) in [6, 6.07) is 0. The van der Waals surface area contributed by atoms with Crippen LogP contribution in [-0.2, 0) is 40.8 Å². The third-order valence-electron chi connectivity index (χ3n) is 4.34. The molecule has 3 heterocycles. The van der Waals surface area contributed by atoms with Crippen molar-refractivity contribution in [1.29, 1.82) is 0 Å². The summed E-state index contributed by atoms with van der Waals surface area (Å²) in [4.78, 5) is 48.8. The van der Waals surface area contributed by atoms with Gasteiger partial charge in [-0.25, -0.2) is 18.7 Å². The molecule has 3 rings (SSSR count). The van der Waals surface area contributed by atoms with Gasteiger partial charge in [0.05, 0.1) is 12.9 Å². The first-order valence-corrected chi connectivity index (χ1v) is 13.4. The first kappa shape index (κ1) is 27.0. The first-order valence-electron chi connectivity index (χ1n) is 8.88.